The van der Waals surface area contributed by atoms with Gasteiger partial charge < -0.3 is 26.0 Å². The molecule has 3 atom stereocenters. The molecule has 0 saturated heterocycles. The number of halogens is 6. The molecule has 1 fully saturated rings. The third-order valence-corrected chi connectivity index (χ3v) is 7.80. The number of hydrogen-bond donors (Lipinski definition) is 4. The van der Waals surface area contributed by atoms with Gasteiger partial charge in [-0.05, 0) is 66.3 Å². The third kappa shape index (κ3) is 10.2. The van der Waals surface area contributed by atoms with Gasteiger partial charge in [0.15, 0.2) is 0 Å². The zero-order chi connectivity index (χ0) is 36.6. The number of amides is 4. The average molecular weight is 724 g/mol. The lowest BCUT2D eigenvalue weighted by atomic mass is 9.99. The first kappa shape index (κ1) is 37.7. The zero-order valence-corrected chi connectivity index (χ0v) is 27.0. The van der Waals surface area contributed by atoms with Crippen molar-refractivity contribution < 1.29 is 50.7 Å². The number of nitrogens with one attached hydrogen (secondary N) is 4. The minimum atomic E-state index is -5.02. The van der Waals surface area contributed by atoms with E-state index in [0.717, 1.165) is 5.32 Å². The Morgan fingerprint density at radius 1 is 0.900 bits per heavy atom. The van der Waals surface area contributed by atoms with Crippen LogP contribution in [0.15, 0.2) is 72.9 Å². The number of carbonyl (C=O) groups excluding carboxylic acids is 5. The van der Waals surface area contributed by atoms with Crippen molar-refractivity contribution >= 4 is 41.0 Å². The number of rotatable bonds is 15. The summed E-state index contributed by atoms with van der Waals surface area (Å²) in [5.41, 5.74) is 0.604. The summed E-state index contributed by atoms with van der Waals surface area (Å²) in [5.74, 6) is -12.8. The molecule has 4 rings (SSSR count). The Hall–Kier alpha value is -5.12. The Kier molecular flexibility index (Phi) is 12.1. The maximum absolute atomic E-state index is 14.9. The molecular weight excluding hydrogens is 693 g/mol. The molecule has 0 spiro atoms. The van der Waals surface area contributed by atoms with Crippen LogP contribution in [0.1, 0.15) is 40.5 Å². The lowest BCUT2D eigenvalue weighted by Crippen LogP contribution is -2.58. The summed E-state index contributed by atoms with van der Waals surface area (Å²) in [6, 6.07) is 11.6. The average Bonchev–Trinajstić information content (AvgIpc) is 3.93. The van der Waals surface area contributed by atoms with Crippen LogP contribution in [0, 0.1) is 5.92 Å². The molecule has 50 heavy (non-hydrogen) atoms. The van der Waals surface area contributed by atoms with Crippen LogP contribution in [-0.2, 0) is 25.6 Å². The quantitative estimate of drug-likeness (QED) is 0.138. The van der Waals surface area contributed by atoms with Crippen LogP contribution in [0.2, 0.25) is 5.02 Å². The van der Waals surface area contributed by atoms with Crippen molar-refractivity contribution in [3.05, 3.63) is 94.8 Å². The van der Waals surface area contributed by atoms with E-state index in [-0.39, 0.29) is 30.5 Å². The molecule has 2 aromatic carbocycles. The Morgan fingerprint density at radius 2 is 1.60 bits per heavy atom. The molecule has 4 N–H and O–H groups in total. The summed E-state index contributed by atoms with van der Waals surface area (Å²) in [7, 11) is 1.38. The number of Topliss-reactive ketones (excluding diaryl/α,β-unsaturated/α-hetero) is 1. The molecule has 0 unspecified atom stereocenters. The van der Waals surface area contributed by atoms with Crippen molar-refractivity contribution in [1.29, 1.82) is 0 Å². The van der Waals surface area contributed by atoms with E-state index < -0.39 is 72.1 Å². The van der Waals surface area contributed by atoms with Crippen molar-refractivity contribution in [2.45, 2.75) is 49.5 Å². The van der Waals surface area contributed by atoms with E-state index in [1.54, 1.807) is 36.4 Å². The van der Waals surface area contributed by atoms with Crippen LogP contribution in [0.25, 0.3) is 0 Å². The molecule has 17 heteroatoms. The van der Waals surface area contributed by atoms with E-state index in [2.05, 4.69) is 20.9 Å². The third-order valence-electron chi connectivity index (χ3n) is 7.56. The highest BCUT2D eigenvalue weighted by atomic mass is 35.5. The lowest BCUT2D eigenvalue weighted by Gasteiger charge is -2.27. The molecule has 0 bridgehead atoms. The molecule has 1 aliphatic carbocycles. The minimum absolute atomic E-state index is 0.0215. The summed E-state index contributed by atoms with van der Waals surface area (Å²) >= 11 is 6.12. The summed E-state index contributed by atoms with van der Waals surface area (Å²) in [6.45, 7) is -2.10. The standard InChI is InChI=1S/C33H31ClF5N5O6/c1-50-22-12-10-20(11-13-22)26(30(48)43-25(19-8-9-19)27(45)33(38,39)31(49)41-17-32(35,36)37)44-29(47)24(16-18-5-4-6-21(34)15-18)42-28(46)23-7-2-3-14-40-23/h2-7,10-15,19,24-26H,8-9,16-17H2,1H3,(H,41,49)(H,42,46)(H,43,48)(H,44,47)/t24-,25-,26-/m0/s1. The smallest absolute Gasteiger partial charge is 0.405 e. The molecule has 266 valence electrons. The fourth-order valence-electron chi connectivity index (χ4n) is 4.84. The van der Waals surface area contributed by atoms with Crippen molar-refractivity contribution in [3.8, 4) is 5.75 Å². The summed E-state index contributed by atoms with van der Waals surface area (Å²) in [6.07, 6.45) is -3.39. The highest BCUT2D eigenvalue weighted by Crippen LogP contribution is 2.36. The Bertz CT molecular complexity index is 1710. The van der Waals surface area contributed by atoms with E-state index >= 15 is 0 Å². The van der Waals surface area contributed by atoms with Crippen LogP contribution in [0.5, 0.6) is 5.75 Å². The van der Waals surface area contributed by atoms with Gasteiger partial charge in [-0.2, -0.15) is 22.0 Å². The second kappa shape index (κ2) is 16.1. The van der Waals surface area contributed by atoms with E-state index in [4.69, 9.17) is 16.3 Å². The van der Waals surface area contributed by atoms with Crippen LogP contribution in [0.3, 0.4) is 0 Å². The van der Waals surface area contributed by atoms with Crippen molar-refractivity contribution in [3.63, 3.8) is 0 Å². The number of ketones is 1. The predicted octanol–water partition coefficient (Wildman–Crippen LogP) is 3.72. The van der Waals surface area contributed by atoms with Gasteiger partial charge in [-0.25, -0.2) is 0 Å². The van der Waals surface area contributed by atoms with Gasteiger partial charge in [-0.3, -0.25) is 29.0 Å². The van der Waals surface area contributed by atoms with E-state index in [1.165, 1.54) is 43.6 Å². The second-order valence-corrected chi connectivity index (χ2v) is 11.8. The topological polar surface area (TPSA) is 156 Å². The first-order valence-electron chi connectivity index (χ1n) is 15.1. The normalized spacial score (nSPS) is 14.8. The van der Waals surface area contributed by atoms with Crippen LogP contribution in [0.4, 0.5) is 22.0 Å². The van der Waals surface area contributed by atoms with Gasteiger partial charge >= 0.3 is 12.1 Å². The Balaban J connectivity index is 1.62. The highest BCUT2D eigenvalue weighted by molar-refractivity contribution is 6.30. The van der Waals surface area contributed by atoms with Crippen molar-refractivity contribution in [2.24, 2.45) is 5.92 Å². The molecule has 1 heterocycles. The molecule has 4 amide bonds. The molecule has 11 nitrogen and oxygen atoms in total. The van der Waals surface area contributed by atoms with Gasteiger partial charge in [-0.1, -0.05) is 41.9 Å². The lowest BCUT2D eigenvalue weighted by molar-refractivity contribution is -0.165. The summed E-state index contributed by atoms with van der Waals surface area (Å²) in [5, 5.41) is 8.59. The predicted molar refractivity (Wildman–Crippen MR) is 168 cm³/mol. The molecular formula is C33H31ClF5N5O6. The fraction of sp³-hybridized carbons (Fsp3) is 0.333. The SMILES string of the molecule is COc1ccc([C@H](NC(=O)[C@H](Cc2cccc(Cl)c2)NC(=O)c2ccccn2)C(=O)N[C@H](C(=O)C(F)(F)C(=O)NCC(F)(F)F)C2CC2)cc1. The Labute approximate surface area is 287 Å². The second-order valence-electron chi connectivity index (χ2n) is 11.4. The van der Waals surface area contributed by atoms with Crippen LogP contribution < -0.4 is 26.0 Å². The van der Waals surface area contributed by atoms with Gasteiger partial charge in [-0.15, -0.1) is 0 Å². The number of benzene rings is 2. The minimum Gasteiger partial charge on any atom is -0.497 e. The number of methoxy groups -OCH3 is 1. The van der Waals surface area contributed by atoms with E-state index in [0.29, 0.717) is 16.3 Å². The maximum atomic E-state index is 14.9. The molecule has 0 aliphatic heterocycles. The number of alkyl halides is 5. The van der Waals surface area contributed by atoms with Gasteiger partial charge in [0, 0.05) is 17.6 Å². The van der Waals surface area contributed by atoms with Crippen molar-refractivity contribution in [2.75, 3.05) is 13.7 Å². The largest absolute Gasteiger partial charge is 0.497 e. The molecule has 1 aromatic heterocycles. The van der Waals surface area contributed by atoms with Crippen LogP contribution in [-0.4, -0.2) is 72.2 Å². The highest BCUT2D eigenvalue weighted by Gasteiger charge is 2.54. The summed E-state index contributed by atoms with van der Waals surface area (Å²) < 4.78 is 72.5. The van der Waals surface area contributed by atoms with Gasteiger partial charge in [0.05, 0.1) is 13.2 Å². The first-order valence-corrected chi connectivity index (χ1v) is 15.4. The van der Waals surface area contributed by atoms with Crippen molar-refractivity contribution in [1.82, 2.24) is 26.3 Å². The van der Waals surface area contributed by atoms with Gasteiger partial charge in [0.1, 0.15) is 30.1 Å². The molecule has 1 aliphatic rings. The Morgan fingerprint density at radius 3 is 2.18 bits per heavy atom. The van der Waals surface area contributed by atoms with Gasteiger partial charge in [0.25, 0.3) is 11.8 Å². The summed E-state index contributed by atoms with van der Waals surface area (Å²) in [4.78, 5) is 69.6. The van der Waals surface area contributed by atoms with Gasteiger partial charge in [0.2, 0.25) is 17.6 Å². The number of ether oxygens (including phenoxy) is 1. The molecule has 3 aromatic rings. The molecule has 0 radical (unpaired) electrons. The first-order chi connectivity index (χ1) is 23.6. The number of carbonyl (C=O) groups is 5. The fourth-order valence-corrected chi connectivity index (χ4v) is 5.05. The van der Waals surface area contributed by atoms with Crippen LogP contribution >= 0.6 is 11.6 Å². The zero-order valence-electron chi connectivity index (χ0n) is 26.2. The number of aromatic nitrogens is 1. The molecule has 1 saturated carbocycles. The van der Waals surface area contributed by atoms with E-state index in [9.17, 15) is 45.9 Å². The monoisotopic (exact) mass is 723 g/mol. The number of nitrogens with zero attached hydrogens (tertiary/aromatic N) is 1. The number of hydrogen-bond acceptors (Lipinski definition) is 7. The maximum Gasteiger partial charge on any atom is 0.405 e. The number of pyridine rings is 1. The van der Waals surface area contributed by atoms with E-state index in [1.807, 2.05) is 0 Å².